The van der Waals surface area contributed by atoms with E-state index in [1.54, 1.807) is 0 Å². The summed E-state index contributed by atoms with van der Waals surface area (Å²) in [6.07, 6.45) is 5.88. The highest BCUT2D eigenvalue weighted by atomic mass is 16.5. The van der Waals surface area contributed by atoms with Crippen molar-refractivity contribution >= 4 is 0 Å². The first-order chi connectivity index (χ1) is 9.10. The van der Waals surface area contributed by atoms with Gasteiger partial charge in [-0.1, -0.05) is 38.8 Å². The van der Waals surface area contributed by atoms with Crippen LogP contribution < -0.4 is 5.32 Å². The summed E-state index contributed by atoms with van der Waals surface area (Å²) in [6.45, 7) is 6.74. The molecule has 19 heavy (non-hydrogen) atoms. The van der Waals surface area contributed by atoms with Crippen molar-refractivity contribution in [2.24, 2.45) is 11.8 Å². The lowest BCUT2D eigenvalue weighted by Gasteiger charge is -2.23. The average Bonchev–Trinajstić information content (AvgIpc) is 2.84. The minimum atomic E-state index is 0.401. The molecule has 0 saturated heterocycles. The maximum absolute atomic E-state index is 5.43. The molecule has 0 radical (unpaired) electrons. The van der Waals surface area contributed by atoms with Crippen molar-refractivity contribution in [1.82, 2.24) is 15.5 Å². The molecule has 1 fully saturated rings. The fraction of sp³-hybridized carbons (Fsp3) is 0.867. The Kier molecular flexibility index (Phi) is 4.97. The van der Waals surface area contributed by atoms with E-state index in [4.69, 9.17) is 4.52 Å². The van der Waals surface area contributed by atoms with Crippen LogP contribution in [0.1, 0.15) is 64.1 Å². The molecule has 1 aromatic heterocycles. The van der Waals surface area contributed by atoms with E-state index in [2.05, 4.69) is 36.2 Å². The van der Waals surface area contributed by atoms with Crippen molar-refractivity contribution in [1.29, 1.82) is 0 Å². The molecule has 1 aromatic rings. The van der Waals surface area contributed by atoms with E-state index in [1.807, 2.05) is 7.05 Å². The first-order valence-corrected chi connectivity index (χ1v) is 7.60. The second kappa shape index (κ2) is 6.51. The van der Waals surface area contributed by atoms with Gasteiger partial charge in [-0.2, -0.15) is 4.98 Å². The monoisotopic (exact) mass is 265 g/mol. The van der Waals surface area contributed by atoms with Gasteiger partial charge >= 0.3 is 0 Å². The Balaban J connectivity index is 1.98. The van der Waals surface area contributed by atoms with Crippen LogP contribution >= 0.6 is 0 Å². The normalized spacial score (nSPS) is 25.7. The summed E-state index contributed by atoms with van der Waals surface area (Å²) in [5, 5.41) is 7.53. The van der Waals surface area contributed by atoms with E-state index < -0.39 is 0 Å². The smallest absolute Gasteiger partial charge is 0.228 e. The molecule has 3 unspecified atom stereocenters. The lowest BCUT2D eigenvalue weighted by Crippen LogP contribution is -2.32. The summed E-state index contributed by atoms with van der Waals surface area (Å²) < 4.78 is 5.43. The zero-order valence-corrected chi connectivity index (χ0v) is 12.6. The Morgan fingerprint density at radius 1 is 1.37 bits per heavy atom. The molecule has 1 saturated carbocycles. The van der Waals surface area contributed by atoms with Crippen LogP contribution in [0.5, 0.6) is 0 Å². The van der Waals surface area contributed by atoms with Crippen LogP contribution in [0, 0.1) is 11.8 Å². The van der Waals surface area contributed by atoms with Crippen LogP contribution in [0.15, 0.2) is 4.52 Å². The topological polar surface area (TPSA) is 51.0 Å². The quantitative estimate of drug-likeness (QED) is 0.888. The second-order valence-corrected chi connectivity index (χ2v) is 6.36. The second-order valence-electron chi connectivity index (χ2n) is 6.36. The molecule has 3 atom stereocenters. The van der Waals surface area contributed by atoms with Crippen LogP contribution in [0.4, 0.5) is 0 Å². The summed E-state index contributed by atoms with van der Waals surface area (Å²) >= 11 is 0. The molecule has 0 amide bonds. The molecule has 1 aliphatic carbocycles. The number of likely N-dealkylation sites (N-methyl/N-ethyl adjacent to an activating group) is 1. The van der Waals surface area contributed by atoms with Crippen molar-refractivity contribution in [3.05, 3.63) is 11.7 Å². The Labute approximate surface area is 116 Å². The van der Waals surface area contributed by atoms with Gasteiger partial charge in [-0.3, -0.25) is 0 Å². The summed E-state index contributed by atoms with van der Waals surface area (Å²) in [5.41, 5.74) is 0. The summed E-state index contributed by atoms with van der Waals surface area (Å²) in [5.74, 6) is 3.58. The van der Waals surface area contributed by atoms with Crippen molar-refractivity contribution in [2.45, 2.75) is 64.8 Å². The van der Waals surface area contributed by atoms with Crippen molar-refractivity contribution in [2.75, 3.05) is 7.05 Å². The number of hydrogen-bond acceptors (Lipinski definition) is 4. The van der Waals surface area contributed by atoms with Gasteiger partial charge in [0.25, 0.3) is 0 Å². The van der Waals surface area contributed by atoms with Crippen LogP contribution in [0.2, 0.25) is 0 Å². The van der Waals surface area contributed by atoms with Gasteiger partial charge in [-0.25, -0.2) is 0 Å². The van der Waals surface area contributed by atoms with Crippen LogP contribution in [0.3, 0.4) is 0 Å². The van der Waals surface area contributed by atoms with Crippen LogP contribution in [0.25, 0.3) is 0 Å². The highest BCUT2D eigenvalue weighted by molar-refractivity contribution is 4.99. The standard InChI is InChI=1S/C15H27N3O/c1-10(2)13(16-4)9-14-17-15(18-19-14)12-7-5-6-11(3)8-12/h10-13,16H,5-9H2,1-4H3. The van der Waals surface area contributed by atoms with Crippen molar-refractivity contribution in [3.8, 4) is 0 Å². The van der Waals surface area contributed by atoms with E-state index in [0.29, 0.717) is 17.9 Å². The molecule has 2 rings (SSSR count). The fourth-order valence-electron chi connectivity index (χ4n) is 3.04. The third-order valence-corrected chi connectivity index (χ3v) is 4.36. The van der Waals surface area contributed by atoms with Crippen molar-refractivity contribution < 1.29 is 4.52 Å². The van der Waals surface area contributed by atoms with E-state index >= 15 is 0 Å². The van der Waals surface area contributed by atoms with E-state index in [9.17, 15) is 0 Å². The maximum atomic E-state index is 5.43. The van der Waals surface area contributed by atoms with Crippen molar-refractivity contribution in [3.63, 3.8) is 0 Å². The minimum absolute atomic E-state index is 0.401. The van der Waals surface area contributed by atoms with E-state index in [1.165, 1.54) is 25.7 Å². The highest BCUT2D eigenvalue weighted by Gasteiger charge is 2.25. The molecule has 0 spiro atoms. The Morgan fingerprint density at radius 3 is 2.79 bits per heavy atom. The Morgan fingerprint density at radius 2 is 2.16 bits per heavy atom. The lowest BCUT2D eigenvalue weighted by molar-refractivity contribution is 0.312. The molecule has 0 aliphatic heterocycles. The third-order valence-electron chi connectivity index (χ3n) is 4.36. The summed E-state index contributed by atoms with van der Waals surface area (Å²) in [4.78, 5) is 4.62. The number of nitrogens with zero attached hydrogens (tertiary/aromatic N) is 2. The number of aromatic nitrogens is 2. The molecule has 4 nitrogen and oxygen atoms in total. The number of nitrogens with one attached hydrogen (secondary N) is 1. The lowest BCUT2D eigenvalue weighted by atomic mass is 9.82. The molecule has 0 aromatic carbocycles. The number of hydrogen-bond donors (Lipinski definition) is 1. The summed E-state index contributed by atoms with van der Waals surface area (Å²) in [7, 11) is 1.99. The molecule has 4 heteroatoms. The zero-order valence-electron chi connectivity index (χ0n) is 12.6. The minimum Gasteiger partial charge on any atom is -0.339 e. The number of rotatable bonds is 5. The third kappa shape index (κ3) is 3.78. The Hall–Kier alpha value is -0.900. The molecule has 1 heterocycles. The molecule has 0 bridgehead atoms. The van der Waals surface area contributed by atoms with E-state index in [-0.39, 0.29) is 0 Å². The molecule has 1 N–H and O–H groups in total. The van der Waals surface area contributed by atoms with Gasteiger partial charge in [0.05, 0.1) is 0 Å². The van der Waals surface area contributed by atoms with Crippen LogP contribution in [-0.4, -0.2) is 23.2 Å². The predicted molar refractivity (Wildman–Crippen MR) is 76.1 cm³/mol. The maximum Gasteiger partial charge on any atom is 0.228 e. The van der Waals surface area contributed by atoms with Gasteiger partial charge in [0.1, 0.15) is 0 Å². The molecular weight excluding hydrogens is 238 g/mol. The van der Waals surface area contributed by atoms with Crippen LogP contribution in [-0.2, 0) is 6.42 Å². The molecule has 108 valence electrons. The average molecular weight is 265 g/mol. The first kappa shape index (κ1) is 14.5. The molecular formula is C15H27N3O. The predicted octanol–water partition coefficient (Wildman–Crippen LogP) is 3.15. The Bertz CT molecular complexity index is 388. The zero-order chi connectivity index (χ0) is 13.8. The summed E-state index contributed by atoms with van der Waals surface area (Å²) in [6, 6.07) is 0.401. The van der Waals surface area contributed by atoms with Gasteiger partial charge in [-0.05, 0) is 31.7 Å². The van der Waals surface area contributed by atoms with Gasteiger partial charge in [0.15, 0.2) is 5.82 Å². The van der Waals surface area contributed by atoms with E-state index in [0.717, 1.165) is 24.1 Å². The molecule has 1 aliphatic rings. The SMILES string of the molecule is CNC(Cc1nc(C2CCCC(C)C2)no1)C(C)C. The fourth-order valence-corrected chi connectivity index (χ4v) is 3.04. The van der Waals surface area contributed by atoms with Gasteiger partial charge in [-0.15, -0.1) is 0 Å². The van der Waals surface area contributed by atoms with Gasteiger partial charge < -0.3 is 9.84 Å². The van der Waals surface area contributed by atoms with Gasteiger partial charge in [0.2, 0.25) is 5.89 Å². The highest BCUT2D eigenvalue weighted by Crippen LogP contribution is 2.34. The van der Waals surface area contributed by atoms with Gasteiger partial charge in [0, 0.05) is 18.4 Å². The largest absolute Gasteiger partial charge is 0.339 e. The first-order valence-electron chi connectivity index (χ1n) is 7.60.